The van der Waals surface area contributed by atoms with Crippen molar-refractivity contribution in [1.29, 1.82) is 0 Å². The summed E-state index contributed by atoms with van der Waals surface area (Å²) in [7, 11) is 1.27. The molecule has 7 nitrogen and oxygen atoms in total. The van der Waals surface area contributed by atoms with Crippen LogP contribution in [0.1, 0.15) is 29.5 Å². The van der Waals surface area contributed by atoms with Crippen LogP contribution in [0, 0.1) is 0 Å². The van der Waals surface area contributed by atoms with Gasteiger partial charge in [0.2, 0.25) is 0 Å². The molecular weight excluding hydrogens is 430 g/mol. The van der Waals surface area contributed by atoms with Crippen LogP contribution in [0.25, 0.3) is 0 Å². The van der Waals surface area contributed by atoms with E-state index in [0.717, 1.165) is 36.4 Å². The molecule has 0 aromatic heterocycles. The van der Waals surface area contributed by atoms with Crippen molar-refractivity contribution in [2.75, 3.05) is 33.3 Å². The predicted molar refractivity (Wildman–Crippen MR) is 127 cm³/mol. The lowest BCUT2D eigenvalue weighted by Gasteiger charge is -2.44. The molecular formula is C27H31N3O4. The largest absolute Gasteiger partial charge is 0.468 e. The molecule has 0 radical (unpaired) electrons. The van der Waals surface area contributed by atoms with Gasteiger partial charge in [-0.1, -0.05) is 54.6 Å². The molecule has 1 spiro atoms. The number of esters is 1. The zero-order valence-corrected chi connectivity index (χ0v) is 19.6. The van der Waals surface area contributed by atoms with Gasteiger partial charge in [0.05, 0.1) is 7.11 Å². The number of carbonyl (C=O) groups is 3. The number of methoxy groups -OCH3 is 1. The Morgan fingerprint density at radius 2 is 1.59 bits per heavy atom. The second-order valence-electron chi connectivity index (χ2n) is 9.54. The Hall–Kier alpha value is -3.19. The van der Waals surface area contributed by atoms with Gasteiger partial charge < -0.3 is 9.64 Å². The topological polar surface area (TPSA) is 70.2 Å². The average Bonchev–Trinajstić information content (AvgIpc) is 3.38. The number of ether oxygens (including phenoxy) is 1. The molecule has 0 bridgehead atoms. The molecule has 178 valence electrons. The van der Waals surface area contributed by atoms with Gasteiger partial charge in [-0.25, -0.2) is 4.79 Å². The maximum Gasteiger partial charge on any atom is 0.328 e. The summed E-state index contributed by atoms with van der Waals surface area (Å²) >= 11 is 0. The van der Waals surface area contributed by atoms with Crippen molar-refractivity contribution in [3.05, 3.63) is 71.3 Å². The van der Waals surface area contributed by atoms with Gasteiger partial charge in [0.15, 0.2) is 0 Å². The van der Waals surface area contributed by atoms with E-state index in [1.54, 1.807) is 4.90 Å². The van der Waals surface area contributed by atoms with E-state index < -0.39 is 11.5 Å². The Morgan fingerprint density at radius 3 is 2.21 bits per heavy atom. The molecule has 7 heteroatoms. The summed E-state index contributed by atoms with van der Waals surface area (Å²) < 4.78 is 4.75. The van der Waals surface area contributed by atoms with E-state index >= 15 is 0 Å². The molecule has 3 amide bonds. The third kappa shape index (κ3) is 3.98. The number of urea groups is 1. The number of carbonyl (C=O) groups excluding carboxylic acids is 3. The molecule has 3 aliphatic rings. The summed E-state index contributed by atoms with van der Waals surface area (Å²) in [5.74, 6) is -0.840. The molecule has 0 saturated carbocycles. The highest BCUT2D eigenvalue weighted by Gasteiger charge is 2.58. The van der Waals surface area contributed by atoms with Crippen molar-refractivity contribution in [2.45, 2.75) is 43.7 Å². The Morgan fingerprint density at radius 1 is 0.971 bits per heavy atom. The summed E-state index contributed by atoms with van der Waals surface area (Å²) in [6, 6.07) is 18.6. The molecule has 2 heterocycles. The van der Waals surface area contributed by atoms with Crippen LogP contribution in [0.4, 0.5) is 4.79 Å². The van der Waals surface area contributed by atoms with Gasteiger partial charge in [0, 0.05) is 25.7 Å². The van der Waals surface area contributed by atoms with Gasteiger partial charge >= 0.3 is 12.0 Å². The number of likely N-dealkylation sites (tertiary alicyclic amines) is 1. The molecule has 0 atom stereocenters. The van der Waals surface area contributed by atoms with Crippen LogP contribution < -0.4 is 0 Å². The Kier molecular flexibility index (Phi) is 6.13. The number of benzene rings is 2. The van der Waals surface area contributed by atoms with E-state index in [1.165, 1.54) is 18.2 Å². The van der Waals surface area contributed by atoms with Crippen LogP contribution in [0.5, 0.6) is 0 Å². The first-order chi connectivity index (χ1) is 16.5. The minimum atomic E-state index is -0.887. The van der Waals surface area contributed by atoms with Gasteiger partial charge in [-0.15, -0.1) is 0 Å². The van der Waals surface area contributed by atoms with Crippen molar-refractivity contribution >= 4 is 17.9 Å². The molecule has 2 aromatic carbocycles. The van der Waals surface area contributed by atoms with Crippen LogP contribution in [-0.4, -0.2) is 77.5 Å². The molecule has 1 aliphatic carbocycles. The molecule has 34 heavy (non-hydrogen) atoms. The predicted octanol–water partition coefficient (Wildman–Crippen LogP) is 2.67. The minimum Gasteiger partial charge on any atom is -0.468 e. The molecule has 2 saturated heterocycles. The first kappa shape index (κ1) is 22.6. The van der Waals surface area contributed by atoms with Crippen molar-refractivity contribution < 1.29 is 19.1 Å². The number of imide groups is 1. The summed E-state index contributed by atoms with van der Waals surface area (Å²) in [5, 5.41) is 0. The fourth-order valence-electron chi connectivity index (χ4n) is 5.85. The molecule has 5 rings (SSSR count). The molecule has 2 fully saturated rings. The number of nitrogens with zero attached hydrogens (tertiary/aromatic N) is 3. The van der Waals surface area contributed by atoms with E-state index in [1.807, 2.05) is 30.3 Å². The third-order valence-corrected chi connectivity index (χ3v) is 7.77. The highest BCUT2D eigenvalue weighted by molar-refractivity contribution is 6.08. The quantitative estimate of drug-likeness (QED) is 0.489. The highest BCUT2D eigenvalue weighted by atomic mass is 16.5. The zero-order valence-electron chi connectivity index (χ0n) is 19.6. The van der Waals surface area contributed by atoms with Crippen LogP contribution in [0.2, 0.25) is 0 Å². The van der Waals surface area contributed by atoms with E-state index in [0.29, 0.717) is 31.8 Å². The summed E-state index contributed by atoms with van der Waals surface area (Å²) in [6.45, 7) is 1.62. The number of amides is 3. The van der Waals surface area contributed by atoms with Crippen LogP contribution in [-0.2, 0) is 33.6 Å². The Bertz CT molecular complexity index is 1050. The molecule has 2 aliphatic heterocycles. The van der Waals surface area contributed by atoms with Crippen LogP contribution in [0.3, 0.4) is 0 Å². The summed E-state index contributed by atoms with van der Waals surface area (Å²) in [6.07, 6.45) is 3.88. The fraction of sp³-hybridized carbons (Fsp3) is 0.444. The lowest BCUT2D eigenvalue weighted by atomic mass is 9.84. The van der Waals surface area contributed by atoms with Gasteiger partial charge in [0.25, 0.3) is 5.91 Å². The monoisotopic (exact) mass is 461 g/mol. The van der Waals surface area contributed by atoms with Crippen LogP contribution >= 0.6 is 0 Å². The first-order valence-corrected chi connectivity index (χ1v) is 12.1. The first-order valence-electron chi connectivity index (χ1n) is 12.1. The standard InChI is InChI=1S/C27H31N3O4/c1-34-24(31)19-29-25(32)27(30(26(29)33)14-11-20-7-3-2-4-8-20)12-15-28(16-13-27)23-17-21-9-5-6-10-22(21)18-23/h2-10,23H,11-19H2,1H3. The van der Waals surface area contributed by atoms with Gasteiger partial charge in [0.1, 0.15) is 12.1 Å². The number of hydrogen-bond donors (Lipinski definition) is 0. The van der Waals surface area contributed by atoms with E-state index in [-0.39, 0.29) is 18.5 Å². The van der Waals surface area contributed by atoms with E-state index in [2.05, 4.69) is 29.2 Å². The van der Waals surface area contributed by atoms with Crippen molar-refractivity contribution in [2.24, 2.45) is 0 Å². The summed E-state index contributed by atoms with van der Waals surface area (Å²) in [4.78, 5) is 44.2. The van der Waals surface area contributed by atoms with Crippen molar-refractivity contribution in [1.82, 2.24) is 14.7 Å². The van der Waals surface area contributed by atoms with Crippen molar-refractivity contribution in [3.8, 4) is 0 Å². The Balaban J connectivity index is 1.33. The Labute approximate surface area is 200 Å². The van der Waals surface area contributed by atoms with E-state index in [9.17, 15) is 14.4 Å². The fourth-order valence-corrected chi connectivity index (χ4v) is 5.85. The number of rotatable bonds is 6. The van der Waals surface area contributed by atoms with Gasteiger partial charge in [-0.3, -0.25) is 19.4 Å². The maximum absolute atomic E-state index is 13.6. The maximum atomic E-state index is 13.6. The average molecular weight is 462 g/mol. The second-order valence-corrected chi connectivity index (χ2v) is 9.54. The molecule has 2 aromatic rings. The second kappa shape index (κ2) is 9.22. The highest BCUT2D eigenvalue weighted by Crippen LogP contribution is 2.39. The normalized spacial score (nSPS) is 20.3. The zero-order chi connectivity index (χ0) is 23.7. The third-order valence-electron chi connectivity index (χ3n) is 7.77. The lowest BCUT2D eigenvalue weighted by Crippen LogP contribution is -2.58. The number of fused-ring (bicyclic) bond motifs is 1. The minimum absolute atomic E-state index is 0.259. The van der Waals surface area contributed by atoms with Gasteiger partial charge in [-0.2, -0.15) is 0 Å². The smallest absolute Gasteiger partial charge is 0.328 e. The summed E-state index contributed by atoms with van der Waals surface area (Å²) in [5.41, 5.74) is 3.05. The SMILES string of the molecule is COC(=O)CN1C(=O)N(CCc2ccccc2)C2(CCN(C3Cc4ccccc4C3)CC2)C1=O. The van der Waals surface area contributed by atoms with E-state index in [4.69, 9.17) is 4.74 Å². The number of hydrogen-bond acceptors (Lipinski definition) is 5. The van der Waals surface area contributed by atoms with Gasteiger partial charge in [-0.05, 0) is 48.8 Å². The van der Waals surface area contributed by atoms with Crippen molar-refractivity contribution in [3.63, 3.8) is 0 Å². The van der Waals surface area contributed by atoms with Crippen LogP contribution in [0.15, 0.2) is 54.6 Å². The lowest BCUT2D eigenvalue weighted by molar-refractivity contribution is -0.146. The molecule has 0 N–H and O–H groups in total. The number of piperidine rings is 1. The molecule has 0 unspecified atom stereocenters.